The number of rotatable bonds is 4. The molecule has 0 heterocycles. The Balaban J connectivity index is 1.85. The standard InChI is InChI=1S/C15H16N2O5/c18-14(16-13-6-8-1-2-9(13)5-8)12-7-10(17(21)22)3-4-11(12)15(19)20/h3-4,7-9,13H,1-2,5-6H2,(H,16,18)(H,19,20)/t8-,9-,13+/m0/s1. The normalized spacial score (nSPS) is 25.9. The lowest BCUT2D eigenvalue weighted by molar-refractivity contribution is -0.384. The van der Waals surface area contributed by atoms with Gasteiger partial charge in [-0.2, -0.15) is 0 Å². The van der Waals surface area contributed by atoms with Crippen LogP contribution in [0.5, 0.6) is 0 Å². The van der Waals surface area contributed by atoms with E-state index in [1.807, 2.05) is 0 Å². The lowest BCUT2D eigenvalue weighted by atomic mass is 9.95. The fourth-order valence-corrected chi connectivity index (χ4v) is 3.69. The van der Waals surface area contributed by atoms with Crippen LogP contribution in [0, 0.1) is 22.0 Å². The van der Waals surface area contributed by atoms with Gasteiger partial charge in [-0.3, -0.25) is 14.9 Å². The molecule has 22 heavy (non-hydrogen) atoms. The Hall–Kier alpha value is -2.44. The molecule has 2 N–H and O–H groups in total. The van der Waals surface area contributed by atoms with Crippen molar-refractivity contribution in [3.63, 3.8) is 0 Å². The van der Waals surface area contributed by atoms with Crippen LogP contribution < -0.4 is 5.32 Å². The maximum atomic E-state index is 12.4. The second-order valence-electron chi connectivity index (χ2n) is 6.05. The molecule has 1 aromatic carbocycles. The van der Waals surface area contributed by atoms with Crippen LogP contribution in [0.4, 0.5) is 5.69 Å². The Bertz CT molecular complexity index is 657. The van der Waals surface area contributed by atoms with E-state index in [-0.39, 0.29) is 22.9 Å². The van der Waals surface area contributed by atoms with Gasteiger partial charge in [0.15, 0.2) is 0 Å². The van der Waals surface area contributed by atoms with Gasteiger partial charge >= 0.3 is 5.97 Å². The van der Waals surface area contributed by atoms with Crippen molar-refractivity contribution in [3.8, 4) is 0 Å². The number of nitro benzene ring substituents is 1. The second kappa shape index (κ2) is 5.40. The molecule has 0 aliphatic heterocycles. The number of hydrogen-bond acceptors (Lipinski definition) is 4. The first-order chi connectivity index (χ1) is 10.5. The van der Waals surface area contributed by atoms with Crippen molar-refractivity contribution in [2.75, 3.05) is 0 Å². The Morgan fingerprint density at radius 1 is 1.23 bits per heavy atom. The summed E-state index contributed by atoms with van der Waals surface area (Å²) in [7, 11) is 0. The monoisotopic (exact) mass is 304 g/mol. The zero-order valence-corrected chi connectivity index (χ0v) is 11.8. The smallest absolute Gasteiger partial charge is 0.336 e. The van der Waals surface area contributed by atoms with E-state index in [2.05, 4.69) is 5.32 Å². The van der Waals surface area contributed by atoms with Gasteiger partial charge in [-0.15, -0.1) is 0 Å². The van der Waals surface area contributed by atoms with Gasteiger partial charge in [0.2, 0.25) is 0 Å². The molecule has 116 valence electrons. The lowest BCUT2D eigenvalue weighted by Crippen LogP contribution is -2.39. The molecule has 0 radical (unpaired) electrons. The van der Waals surface area contributed by atoms with Crippen molar-refractivity contribution < 1.29 is 19.6 Å². The Morgan fingerprint density at radius 2 is 2.00 bits per heavy atom. The zero-order chi connectivity index (χ0) is 15.9. The maximum Gasteiger partial charge on any atom is 0.336 e. The molecule has 0 saturated heterocycles. The van der Waals surface area contributed by atoms with Gasteiger partial charge in [0.1, 0.15) is 0 Å². The predicted molar refractivity (Wildman–Crippen MR) is 76.8 cm³/mol. The summed E-state index contributed by atoms with van der Waals surface area (Å²) >= 11 is 0. The van der Waals surface area contributed by atoms with Gasteiger partial charge in [-0.05, 0) is 37.2 Å². The van der Waals surface area contributed by atoms with Crippen molar-refractivity contribution >= 4 is 17.6 Å². The molecule has 2 bridgehead atoms. The van der Waals surface area contributed by atoms with Crippen LogP contribution in [0.1, 0.15) is 46.4 Å². The fourth-order valence-electron chi connectivity index (χ4n) is 3.69. The Labute approximate surface area is 126 Å². The summed E-state index contributed by atoms with van der Waals surface area (Å²) < 4.78 is 0. The quantitative estimate of drug-likeness (QED) is 0.654. The van der Waals surface area contributed by atoms with Gasteiger partial charge in [0, 0.05) is 18.2 Å². The van der Waals surface area contributed by atoms with Crippen molar-refractivity contribution in [2.45, 2.75) is 31.7 Å². The zero-order valence-electron chi connectivity index (χ0n) is 11.8. The fraction of sp³-hybridized carbons (Fsp3) is 0.467. The topological polar surface area (TPSA) is 110 Å². The molecule has 2 aliphatic rings. The first-order valence-corrected chi connectivity index (χ1v) is 7.28. The number of carboxylic acid groups (broad SMARTS) is 1. The minimum atomic E-state index is -1.27. The lowest BCUT2D eigenvalue weighted by Gasteiger charge is -2.23. The van der Waals surface area contributed by atoms with E-state index in [1.165, 1.54) is 6.42 Å². The van der Waals surface area contributed by atoms with Crippen LogP contribution >= 0.6 is 0 Å². The van der Waals surface area contributed by atoms with E-state index < -0.39 is 16.8 Å². The number of aromatic carboxylic acids is 1. The summed E-state index contributed by atoms with van der Waals surface area (Å²) in [6.45, 7) is 0. The van der Waals surface area contributed by atoms with Gasteiger partial charge in [0.05, 0.1) is 16.1 Å². The van der Waals surface area contributed by atoms with Crippen molar-refractivity contribution in [2.24, 2.45) is 11.8 Å². The van der Waals surface area contributed by atoms with Crippen LogP contribution in [-0.4, -0.2) is 27.9 Å². The van der Waals surface area contributed by atoms with Crippen LogP contribution in [-0.2, 0) is 0 Å². The number of benzene rings is 1. The molecule has 0 spiro atoms. The summed E-state index contributed by atoms with van der Waals surface area (Å²) in [6, 6.07) is 3.28. The summed E-state index contributed by atoms with van der Waals surface area (Å²) in [5.41, 5.74) is -0.654. The molecule has 1 aromatic rings. The Kier molecular flexibility index (Phi) is 3.56. The molecule has 3 rings (SSSR count). The summed E-state index contributed by atoms with van der Waals surface area (Å²) in [4.78, 5) is 33.8. The Morgan fingerprint density at radius 3 is 2.55 bits per heavy atom. The number of carboxylic acids is 1. The highest BCUT2D eigenvalue weighted by atomic mass is 16.6. The summed E-state index contributed by atoms with van der Waals surface area (Å²) in [5, 5.41) is 22.9. The second-order valence-corrected chi connectivity index (χ2v) is 6.05. The molecule has 2 fully saturated rings. The number of carbonyl (C=O) groups excluding carboxylic acids is 1. The molecular formula is C15H16N2O5. The molecule has 2 saturated carbocycles. The van der Waals surface area contributed by atoms with Gasteiger partial charge < -0.3 is 10.4 Å². The minimum absolute atomic E-state index is 0.0483. The maximum absolute atomic E-state index is 12.4. The number of amides is 1. The van der Waals surface area contributed by atoms with Crippen molar-refractivity contribution in [1.29, 1.82) is 0 Å². The van der Waals surface area contributed by atoms with Crippen molar-refractivity contribution in [3.05, 3.63) is 39.4 Å². The van der Waals surface area contributed by atoms with E-state index >= 15 is 0 Å². The third kappa shape index (κ3) is 2.54. The van der Waals surface area contributed by atoms with Gasteiger partial charge in [-0.25, -0.2) is 4.79 Å². The third-order valence-corrected chi connectivity index (χ3v) is 4.74. The highest BCUT2D eigenvalue weighted by molar-refractivity contribution is 6.05. The van der Waals surface area contributed by atoms with Crippen LogP contribution in [0.15, 0.2) is 18.2 Å². The van der Waals surface area contributed by atoms with E-state index in [0.29, 0.717) is 11.8 Å². The molecule has 1 amide bonds. The SMILES string of the molecule is O=C(O)c1ccc([N+](=O)[O-])cc1C(=O)N[C@@H]1C[C@H]2CC[C@H]1C2. The van der Waals surface area contributed by atoms with E-state index in [1.54, 1.807) is 0 Å². The molecule has 3 atom stereocenters. The number of nitro groups is 1. The van der Waals surface area contributed by atoms with E-state index in [4.69, 9.17) is 5.11 Å². The van der Waals surface area contributed by atoms with Gasteiger partial charge in [0.25, 0.3) is 11.6 Å². The number of carbonyl (C=O) groups is 2. The minimum Gasteiger partial charge on any atom is -0.478 e. The molecule has 2 aliphatic carbocycles. The first kappa shape index (κ1) is 14.5. The number of non-ortho nitro benzene ring substituents is 1. The number of hydrogen-bond donors (Lipinski definition) is 2. The van der Waals surface area contributed by atoms with E-state index in [9.17, 15) is 19.7 Å². The summed E-state index contributed by atoms with van der Waals surface area (Å²) in [5.74, 6) is -0.730. The van der Waals surface area contributed by atoms with Crippen LogP contribution in [0.2, 0.25) is 0 Å². The molecular weight excluding hydrogens is 288 g/mol. The summed E-state index contributed by atoms with van der Waals surface area (Å²) in [6.07, 6.45) is 4.28. The third-order valence-electron chi connectivity index (χ3n) is 4.74. The number of fused-ring (bicyclic) bond motifs is 2. The van der Waals surface area contributed by atoms with Gasteiger partial charge in [-0.1, -0.05) is 6.42 Å². The highest BCUT2D eigenvalue weighted by Crippen LogP contribution is 2.44. The highest BCUT2D eigenvalue weighted by Gasteiger charge is 2.40. The van der Waals surface area contributed by atoms with Crippen LogP contribution in [0.25, 0.3) is 0 Å². The average Bonchev–Trinajstić information content (AvgIpc) is 3.08. The van der Waals surface area contributed by atoms with E-state index in [0.717, 1.165) is 37.5 Å². The number of nitrogens with zero attached hydrogens (tertiary/aromatic N) is 1. The molecule has 0 unspecified atom stereocenters. The molecule has 7 nitrogen and oxygen atoms in total. The average molecular weight is 304 g/mol. The largest absolute Gasteiger partial charge is 0.478 e. The predicted octanol–water partition coefficient (Wildman–Crippen LogP) is 2.21. The number of nitrogens with one attached hydrogen (secondary N) is 1. The molecule has 7 heteroatoms. The molecule has 0 aromatic heterocycles. The van der Waals surface area contributed by atoms with Crippen molar-refractivity contribution in [1.82, 2.24) is 5.32 Å². The first-order valence-electron chi connectivity index (χ1n) is 7.28. The van der Waals surface area contributed by atoms with Crippen LogP contribution in [0.3, 0.4) is 0 Å².